The molecule has 0 radical (unpaired) electrons. The van der Waals surface area contributed by atoms with Gasteiger partial charge in [-0.1, -0.05) is 42.5 Å². The molecule has 47 heavy (non-hydrogen) atoms. The Bertz CT molecular complexity index is 1450. The predicted molar refractivity (Wildman–Crippen MR) is 198 cm³/mol. The quantitative estimate of drug-likeness (QED) is 0.0556. The van der Waals surface area contributed by atoms with Gasteiger partial charge in [-0.3, -0.25) is 0 Å². The molecule has 0 aliphatic carbocycles. The Morgan fingerprint density at radius 2 is 1.17 bits per heavy atom. The van der Waals surface area contributed by atoms with Gasteiger partial charge in [0.05, 0.1) is 26.4 Å². The molecule has 1 heterocycles. The molecule has 0 saturated heterocycles. The van der Waals surface area contributed by atoms with Gasteiger partial charge >= 0.3 is 0 Å². The molecule has 4 rings (SSSR count). The van der Waals surface area contributed by atoms with E-state index in [1.54, 1.807) is 0 Å². The van der Waals surface area contributed by atoms with Crippen molar-refractivity contribution in [3.05, 3.63) is 99.2 Å². The van der Waals surface area contributed by atoms with Crippen molar-refractivity contribution in [1.82, 2.24) is 0 Å². The summed E-state index contributed by atoms with van der Waals surface area (Å²) >= 11 is 0. The van der Waals surface area contributed by atoms with Crippen molar-refractivity contribution in [3.8, 4) is 23.0 Å². The van der Waals surface area contributed by atoms with Gasteiger partial charge in [0.2, 0.25) is 12.0 Å². The highest BCUT2D eigenvalue weighted by atomic mass is 16.5. The van der Waals surface area contributed by atoms with Crippen LogP contribution in [0.4, 0.5) is 11.4 Å². The number of ether oxygens (including phenoxy) is 4. The van der Waals surface area contributed by atoms with E-state index in [1.807, 2.05) is 48.6 Å². The van der Waals surface area contributed by atoms with Crippen LogP contribution in [-0.2, 0) is 0 Å². The number of para-hydroxylation sites is 1. The van der Waals surface area contributed by atoms with Gasteiger partial charge in [0.1, 0.15) is 18.8 Å². The van der Waals surface area contributed by atoms with Gasteiger partial charge in [0.15, 0.2) is 22.9 Å². The zero-order valence-electron chi connectivity index (χ0n) is 28.2. The van der Waals surface area contributed by atoms with Gasteiger partial charge in [0.25, 0.3) is 0 Å². The van der Waals surface area contributed by atoms with E-state index in [0.29, 0.717) is 26.4 Å². The minimum atomic E-state index is 0.617. The van der Waals surface area contributed by atoms with Crippen molar-refractivity contribution in [2.75, 3.05) is 44.4 Å². The number of nitrogens with zero attached hydrogens (tertiary/aromatic N) is 2. The molecule has 0 aromatic heterocycles. The Kier molecular flexibility index (Phi) is 15.0. The van der Waals surface area contributed by atoms with Crippen LogP contribution < -0.4 is 23.8 Å². The first-order valence-electron chi connectivity index (χ1n) is 17.2. The summed E-state index contributed by atoms with van der Waals surface area (Å²) in [5.74, 6) is 3.37. The third-order valence-corrected chi connectivity index (χ3v) is 8.08. The highest BCUT2D eigenvalue weighted by Crippen LogP contribution is 2.42. The second-order valence-electron chi connectivity index (χ2n) is 11.7. The average molecular weight is 638 g/mol. The predicted octanol–water partition coefficient (Wildman–Crippen LogP) is 10.2. The fourth-order valence-electron chi connectivity index (χ4n) is 5.60. The number of benzene rings is 3. The summed E-state index contributed by atoms with van der Waals surface area (Å²) in [6.45, 7) is 19.5. The lowest BCUT2D eigenvalue weighted by molar-refractivity contribution is -0.423. The molecule has 3 aromatic carbocycles. The molecule has 0 spiro atoms. The molecule has 1 aliphatic heterocycles. The van der Waals surface area contributed by atoms with Crippen molar-refractivity contribution in [2.45, 2.75) is 64.2 Å². The van der Waals surface area contributed by atoms with Crippen LogP contribution >= 0.6 is 0 Å². The van der Waals surface area contributed by atoms with Crippen molar-refractivity contribution in [1.29, 1.82) is 0 Å². The van der Waals surface area contributed by atoms with E-state index in [9.17, 15) is 0 Å². The topological polar surface area (TPSA) is 43.2 Å². The lowest BCUT2D eigenvalue weighted by Crippen LogP contribution is -2.20. The first-order chi connectivity index (χ1) is 23.2. The number of unbranched alkanes of at least 4 members (excludes halogenated alkanes) is 6. The van der Waals surface area contributed by atoms with Crippen LogP contribution in [-0.4, -0.2) is 50.4 Å². The van der Waals surface area contributed by atoms with Crippen molar-refractivity contribution >= 4 is 28.5 Å². The summed E-state index contributed by atoms with van der Waals surface area (Å²) in [6.07, 6.45) is 19.7. The average Bonchev–Trinajstić information content (AvgIpc) is 3.57. The fraction of sp³-hybridized carbons (Fsp3) is 0.390. The first-order valence-corrected chi connectivity index (χ1v) is 17.2. The summed E-state index contributed by atoms with van der Waals surface area (Å²) in [6, 6.07) is 16.7. The molecule has 0 N–H and O–H groups in total. The Labute approximate surface area is 282 Å². The minimum Gasteiger partial charge on any atom is -0.494 e. The fourth-order valence-corrected chi connectivity index (χ4v) is 5.60. The van der Waals surface area contributed by atoms with Crippen LogP contribution in [0.15, 0.2) is 99.2 Å². The third kappa shape index (κ3) is 10.5. The molecule has 0 unspecified atom stereocenters. The van der Waals surface area contributed by atoms with Gasteiger partial charge < -0.3 is 18.9 Å². The van der Waals surface area contributed by atoms with Gasteiger partial charge in [-0.15, -0.1) is 26.3 Å². The number of rotatable bonds is 24. The van der Waals surface area contributed by atoms with Crippen molar-refractivity contribution in [3.63, 3.8) is 0 Å². The van der Waals surface area contributed by atoms with Crippen LogP contribution in [0.3, 0.4) is 0 Å². The molecule has 0 fully saturated rings. The van der Waals surface area contributed by atoms with E-state index < -0.39 is 0 Å². The summed E-state index contributed by atoms with van der Waals surface area (Å²) in [4.78, 5) is 2.26. The van der Waals surface area contributed by atoms with Crippen LogP contribution in [0.5, 0.6) is 23.0 Å². The standard InChI is InChI=1S/C41H53N2O4/c1-5-9-13-17-30-45-37-20-19-21-38(46-31-18-14-10-6-2)41(37)43-27-26-42(33-43)40-36-32-35(44-28-15-11-7-3)24-22-34(36)23-25-39(40)47-29-16-12-8-4/h5-8,19-25,32-33H,1-4,9-18,26-31H2/q+1. The van der Waals surface area contributed by atoms with Gasteiger partial charge in [0, 0.05) is 5.39 Å². The maximum Gasteiger partial charge on any atom is 0.245 e. The highest BCUT2D eigenvalue weighted by Gasteiger charge is 2.31. The van der Waals surface area contributed by atoms with Crippen LogP contribution in [0.2, 0.25) is 0 Å². The van der Waals surface area contributed by atoms with Crippen molar-refractivity contribution < 1.29 is 23.5 Å². The zero-order valence-corrected chi connectivity index (χ0v) is 28.2. The maximum atomic E-state index is 6.43. The number of hydrogen-bond donors (Lipinski definition) is 0. The maximum absolute atomic E-state index is 6.43. The SMILES string of the molecule is C=CCCCCOc1cccc(OCCCCC=C)c1N1C=[N+](c2c(OCCCC=C)ccc3ccc(OCCCC=C)cc23)CC1. The molecule has 0 atom stereocenters. The molecule has 0 bridgehead atoms. The largest absolute Gasteiger partial charge is 0.494 e. The van der Waals surface area contributed by atoms with Gasteiger partial charge in [-0.25, -0.2) is 9.48 Å². The lowest BCUT2D eigenvalue weighted by atomic mass is 10.1. The lowest BCUT2D eigenvalue weighted by Gasteiger charge is -2.17. The summed E-state index contributed by atoms with van der Waals surface area (Å²) in [7, 11) is 0. The second-order valence-corrected chi connectivity index (χ2v) is 11.7. The molecule has 6 nitrogen and oxygen atoms in total. The molecule has 3 aromatic rings. The van der Waals surface area contributed by atoms with Crippen LogP contribution in [0.25, 0.3) is 10.8 Å². The van der Waals surface area contributed by atoms with E-state index in [0.717, 1.165) is 122 Å². The summed E-state index contributed by atoms with van der Waals surface area (Å²) < 4.78 is 27.7. The normalized spacial score (nSPS) is 12.4. The number of allylic oxidation sites excluding steroid dienone is 4. The van der Waals surface area contributed by atoms with E-state index in [4.69, 9.17) is 18.9 Å². The Morgan fingerprint density at radius 1 is 0.617 bits per heavy atom. The minimum absolute atomic E-state index is 0.617. The molecule has 0 saturated carbocycles. The Balaban J connectivity index is 1.69. The number of anilines is 1. The summed E-state index contributed by atoms with van der Waals surface area (Å²) in [5.41, 5.74) is 2.00. The van der Waals surface area contributed by atoms with E-state index in [2.05, 4.69) is 66.4 Å². The van der Waals surface area contributed by atoms with Crippen LogP contribution in [0.1, 0.15) is 64.2 Å². The van der Waals surface area contributed by atoms with E-state index in [1.165, 1.54) is 0 Å². The molecule has 250 valence electrons. The molecule has 0 amide bonds. The second kappa shape index (κ2) is 19.9. The Morgan fingerprint density at radius 3 is 1.81 bits per heavy atom. The van der Waals surface area contributed by atoms with Gasteiger partial charge in [-0.05, 0) is 99.9 Å². The van der Waals surface area contributed by atoms with Crippen molar-refractivity contribution in [2.24, 2.45) is 0 Å². The smallest absolute Gasteiger partial charge is 0.245 e. The first kappa shape index (κ1) is 35.4. The zero-order chi connectivity index (χ0) is 33.1. The van der Waals surface area contributed by atoms with Crippen LogP contribution in [0, 0.1) is 0 Å². The highest BCUT2D eigenvalue weighted by molar-refractivity contribution is 5.96. The molecule has 1 aliphatic rings. The number of hydrogen-bond acceptors (Lipinski definition) is 5. The third-order valence-electron chi connectivity index (χ3n) is 8.08. The molecular weight excluding hydrogens is 584 g/mol. The van der Waals surface area contributed by atoms with E-state index >= 15 is 0 Å². The molecular formula is C41H53N2O4+. The molecule has 6 heteroatoms. The Hall–Kier alpha value is -4.45. The monoisotopic (exact) mass is 637 g/mol. The van der Waals surface area contributed by atoms with E-state index in [-0.39, 0.29) is 0 Å². The number of fused-ring (bicyclic) bond motifs is 1. The van der Waals surface area contributed by atoms with Gasteiger partial charge in [-0.2, -0.15) is 0 Å². The summed E-state index contributed by atoms with van der Waals surface area (Å²) in [5, 5.41) is 2.23.